The zero-order valence-electron chi connectivity index (χ0n) is 9.45. The van der Waals surface area contributed by atoms with E-state index in [0.717, 1.165) is 17.7 Å². The van der Waals surface area contributed by atoms with Gasteiger partial charge in [0.15, 0.2) is 0 Å². The lowest BCUT2D eigenvalue weighted by Crippen LogP contribution is -2.13. The van der Waals surface area contributed by atoms with Crippen molar-refractivity contribution in [1.82, 2.24) is 0 Å². The predicted octanol–water partition coefficient (Wildman–Crippen LogP) is 1.89. The molecular formula is C13H14O3. The minimum atomic E-state index is -0.253. The molecule has 1 aliphatic rings. The van der Waals surface area contributed by atoms with Crippen LogP contribution in [0.1, 0.15) is 11.1 Å². The topological polar surface area (TPSA) is 35.5 Å². The second-order valence-electron chi connectivity index (χ2n) is 3.70. The molecule has 1 aromatic carbocycles. The third kappa shape index (κ3) is 1.81. The van der Waals surface area contributed by atoms with E-state index in [4.69, 9.17) is 9.47 Å². The summed E-state index contributed by atoms with van der Waals surface area (Å²) in [5, 5.41) is 0. The number of ether oxygens (including phenoxy) is 2. The maximum atomic E-state index is 11.4. The maximum Gasteiger partial charge on any atom is 0.333 e. The first-order valence-corrected chi connectivity index (χ1v) is 5.18. The summed E-state index contributed by atoms with van der Waals surface area (Å²) in [7, 11) is 3.05. The average molecular weight is 218 g/mol. The second-order valence-corrected chi connectivity index (χ2v) is 3.70. The molecule has 3 heteroatoms. The third-order valence-corrected chi connectivity index (χ3v) is 2.83. The standard InChI is InChI=1S/C13H14O3/c1-15-12-5-3-4-9-6-7-10(8-11(9)12)13(14)16-2/h3-5,7H,6,8H2,1-2H3. The van der Waals surface area contributed by atoms with Crippen molar-refractivity contribution in [1.29, 1.82) is 0 Å². The fourth-order valence-corrected chi connectivity index (χ4v) is 1.98. The van der Waals surface area contributed by atoms with Crippen LogP contribution in [0, 0.1) is 0 Å². The fraction of sp³-hybridized carbons (Fsp3) is 0.308. The summed E-state index contributed by atoms with van der Waals surface area (Å²) in [5.74, 6) is 0.587. The van der Waals surface area contributed by atoms with Gasteiger partial charge in [-0.05, 0) is 18.1 Å². The van der Waals surface area contributed by atoms with Gasteiger partial charge in [-0.15, -0.1) is 0 Å². The number of rotatable bonds is 2. The number of allylic oxidation sites excluding steroid dienone is 1. The number of benzene rings is 1. The minimum Gasteiger partial charge on any atom is -0.496 e. The van der Waals surface area contributed by atoms with Gasteiger partial charge in [0.05, 0.1) is 14.2 Å². The van der Waals surface area contributed by atoms with Crippen molar-refractivity contribution in [2.45, 2.75) is 12.8 Å². The normalized spacial score (nSPS) is 13.8. The van der Waals surface area contributed by atoms with Gasteiger partial charge in [-0.3, -0.25) is 0 Å². The van der Waals surface area contributed by atoms with Crippen molar-refractivity contribution in [3.63, 3.8) is 0 Å². The maximum absolute atomic E-state index is 11.4. The number of carbonyl (C=O) groups excluding carboxylic acids is 1. The van der Waals surface area contributed by atoms with E-state index >= 15 is 0 Å². The zero-order valence-corrected chi connectivity index (χ0v) is 9.45. The Balaban J connectivity index is 2.33. The van der Waals surface area contributed by atoms with Gasteiger partial charge < -0.3 is 9.47 Å². The first-order chi connectivity index (χ1) is 7.76. The van der Waals surface area contributed by atoms with E-state index in [0.29, 0.717) is 12.0 Å². The van der Waals surface area contributed by atoms with Crippen molar-refractivity contribution in [3.05, 3.63) is 41.0 Å². The first kappa shape index (κ1) is 10.7. The van der Waals surface area contributed by atoms with Crippen LogP contribution in [0.15, 0.2) is 29.8 Å². The quantitative estimate of drug-likeness (QED) is 0.711. The van der Waals surface area contributed by atoms with E-state index in [1.807, 2.05) is 18.2 Å². The third-order valence-electron chi connectivity index (χ3n) is 2.83. The van der Waals surface area contributed by atoms with Crippen LogP contribution in [-0.2, 0) is 22.4 Å². The first-order valence-electron chi connectivity index (χ1n) is 5.18. The van der Waals surface area contributed by atoms with E-state index in [2.05, 4.69) is 6.07 Å². The smallest absolute Gasteiger partial charge is 0.333 e. The highest BCUT2D eigenvalue weighted by Gasteiger charge is 2.19. The highest BCUT2D eigenvalue weighted by molar-refractivity contribution is 5.89. The lowest BCUT2D eigenvalue weighted by Gasteiger charge is -2.18. The summed E-state index contributed by atoms with van der Waals surface area (Å²) in [6, 6.07) is 5.94. The van der Waals surface area contributed by atoms with Crippen LogP contribution < -0.4 is 4.74 Å². The highest BCUT2D eigenvalue weighted by atomic mass is 16.5. The molecule has 2 rings (SSSR count). The Morgan fingerprint density at radius 2 is 2.12 bits per heavy atom. The molecule has 0 aliphatic heterocycles. The molecule has 0 N–H and O–H groups in total. The van der Waals surface area contributed by atoms with Gasteiger partial charge in [-0.1, -0.05) is 18.2 Å². The molecule has 0 radical (unpaired) electrons. The number of methoxy groups -OCH3 is 2. The Labute approximate surface area is 94.7 Å². The van der Waals surface area contributed by atoms with Crippen LogP contribution in [0.25, 0.3) is 0 Å². The van der Waals surface area contributed by atoms with Gasteiger partial charge in [0.25, 0.3) is 0 Å². The van der Waals surface area contributed by atoms with E-state index in [1.165, 1.54) is 12.7 Å². The number of esters is 1. The van der Waals surface area contributed by atoms with E-state index in [1.54, 1.807) is 7.11 Å². The van der Waals surface area contributed by atoms with Crippen LogP contribution in [0.4, 0.5) is 0 Å². The molecular weight excluding hydrogens is 204 g/mol. The molecule has 16 heavy (non-hydrogen) atoms. The van der Waals surface area contributed by atoms with Gasteiger partial charge in [-0.2, -0.15) is 0 Å². The van der Waals surface area contributed by atoms with Crippen LogP contribution in [-0.4, -0.2) is 20.2 Å². The predicted molar refractivity (Wildman–Crippen MR) is 60.5 cm³/mol. The van der Waals surface area contributed by atoms with Crippen molar-refractivity contribution in [2.75, 3.05) is 14.2 Å². The molecule has 0 saturated carbocycles. The van der Waals surface area contributed by atoms with Crippen molar-refractivity contribution in [3.8, 4) is 5.75 Å². The minimum absolute atomic E-state index is 0.253. The molecule has 0 amide bonds. The average Bonchev–Trinajstić information content (AvgIpc) is 2.36. The highest BCUT2D eigenvalue weighted by Crippen LogP contribution is 2.29. The molecule has 0 unspecified atom stereocenters. The summed E-state index contributed by atoms with van der Waals surface area (Å²) < 4.78 is 10.0. The molecule has 0 atom stereocenters. The molecule has 0 heterocycles. The summed E-state index contributed by atoms with van der Waals surface area (Å²) in [4.78, 5) is 11.4. The van der Waals surface area contributed by atoms with E-state index in [9.17, 15) is 4.79 Å². The van der Waals surface area contributed by atoms with Crippen LogP contribution in [0.5, 0.6) is 5.75 Å². The molecule has 0 fully saturated rings. The van der Waals surface area contributed by atoms with Gasteiger partial charge in [-0.25, -0.2) is 4.79 Å². The van der Waals surface area contributed by atoms with Crippen molar-refractivity contribution >= 4 is 5.97 Å². The largest absolute Gasteiger partial charge is 0.496 e. The lowest BCUT2D eigenvalue weighted by molar-refractivity contribution is -0.136. The Hall–Kier alpha value is -1.77. The summed E-state index contributed by atoms with van der Waals surface area (Å²) >= 11 is 0. The molecule has 3 nitrogen and oxygen atoms in total. The fourth-order valence-electron chi connectivity index (χ4n) is 1.98. The number of hydrogen-bond donors (Lipinski definition) is 0. The number of fused-ring (bicyclic) bond motifs is 1. The van der Waals surface area contributed by atoms with Crippen LogP contribution in [0.3, 0.4) is 0 Å². The van der Waals surface area contributed by atoms with Gasteiger partial charge in [0.1, 0.15) is 5.75 Å². The Kier molecular flexibility index (Phi) is 2.95. The van der Waals surface area contributed by atoms with Crippen LogP contribution in [0.2, 0.25) is 0 Å². The van der Waals surface area contributed by atoms with E-state index < -0.39 is 0 Å². The van der Waals surface area contributed by atoms with Gasteiger partial charge in [0, 0.05) is 17.6 Å². The molecule has 1 aliphatic carbocycles. The second kappa shape index (κ2) is 4.39. The number of carbonyl (C=O) groups is 1. The lowest BCUT2D eigenvalue weighted by atomic mass is 9.91. The Morgan fingerprint density at radius 3 is 2.81 bits per heavy atom. The molecule has 0 aromatic heterocycles. The SMILES string of the molecule is COC(=O)C1=CCc2cccc(OC)c2C1. The summed E-state index contributed by atoms with van der Waals surface area (Å²) in [5.41, 5.74) is 3.01. The molecule has 0 saturated heterocycles. The Morgan fingerprint density at radius 1 is 1.31 bits per heavy atom. The molecule has 0 bridgehead atoms. The van der Waals surface area contributed by atoms with Gasteiger partial charge in [0.2, 0.25) is 0 Å². The zero-order chi connectivity index (χ0) is 11.5. The Bertz CT molecular complexity index is 446. The number of hydrogen-bond acceptors (Lipinski definition) is 3. The molecule has 84 valence electrons. The van der Waals surface area contributed by atoms with Gasteiger partial charge >= 0.3 is 5.97 Å². The molecule has 1 aromatic rings. The van der Waals surface area contributed by atoms with E-state index in [-0.39, 0.29) is 5.97 Å². The summed E-state index contributed by atoms with van der Waals surface area (Å²) in [6.07, 6.45) is 3.27. The van der Waals surface area contributed by atoms with Crippen molar-refractivity contribution < 1.29 is 14.3 Å². The molecule has 0 spiro atoms. The summed E-state index contributed by atoms with van der Waals surface area (Å²) in [6.45, 7) is 0. The van der Waals surface area contributed by atoms with Crippen LogP contribution >= 0.6 is 0 Å². The van der Waals surface area contributed by atoms with Crippen molar-refractivity contribution in [2.24, 2.45) is 0 Å². The monoisotopic (exact) mass is 218 g/mol.